The van der Waals surface area contributed by atoms with Gasteiger partial charge >= 0.3 is 0 Å². The van der Waals surface area contributed by atoms with Crippen molar-refractivity contribution in [3.63, 3.8) is 0 Å². The summed E-state index contributed by atoms with van der Waals surface area (Å²) >= 11 is 0. The van der Waals surface area contributed by atoms with Gasteiger partial charge in [-0.15, -0.1) is 0 Å². The Hall–Kier alpha value is -1.68. The summed E-state index contributed by atoms with van der Waals surface area (Å²) in [5.74, 6) is 0.819. The zero-order chi connectivity index (χ0) is 11.7. The zero-order valence-corrected chi connectivity index (χ0v) is 9.87. The lowest BCUT2D eigenvalue weighted by Gasteiger charge is -1.99. The molecule has 1 aromatic carbocycles. The number of rotatable bonds is 4. The quantitative estimate of drug-likeness (QED) is 0.867. The number of aromatic nitrogens is 3. The molecule has 4 heteroatoms. The van der Waals surface area contributed by atoms with E-state index in [4.69, 9.17) is 0 Å². The highest BCUT2D eigenvalue weighted by atomic mass is 15.5. The van der Waals surface area contributed by atoms with Crippen LogP contribution >= 0.6 is 0 Å². The highest BCUT2D eigenvalue weighted by molar-refractivity contribution is 5.28. The summed E-state index contributed by atoms with van der Waals surface area (Å²) < 4.78 is 0. The summed E-state index contributed by atoms with van der Waals surface area (Å²) in [5.41, 5.74) is 1.99. The van der Waals surface area contributed by atoms with Gasteiger partial charge in [-0.1, -0.05) is 25.1 Å². The van der Waals surface area contributed by atoms with Crippen molar-refractivity contribution in [3.05, 3.63) is 42.2 Å². The Bertz CT molecular complexity index is 491. The highest BCUT2D eigenvalue weighted by Crippen LogP contribution is 2.29. The van der Waals surface area contributed by atoms with Gasteiger partial charge in [0.1, 0.15) is 0 Å². The molecule has 0 bridgehead atoms. The average molecular weight is 228 g/mol. The molecule has 0 saturated heterocycles. The molecule has 17 heavy (non-hydrogen) atoms. The van der Waals surface area contributed by atoms with E-state index in [-0.39, 0.29) is 0 Å². The van der Waals surface area contributed by atoms with E-state index in [1.807, 2.05) is 36.5 Å². The minimum atomic E-state index is 0.678. The Morgan fingerprint density at radius 2 is 2.12 bits per heavy atom. The number of nitrogens with zero attached hydrogens (tertiary/aromatic N) is 3. The van der Waals surface area contributed by atoms with Gasteiger partial charge in [-0.2, -0.15) is 15.0 Å². The maximum atomic E-state index is 4.45. The van der Waals surface area contributed by atoms with Crippen LogP contribution in [0.3, 0.4) is 0 Å². The third-order valence-electron chi connectivity index (χ3n) is 3.18. The minimum absolute atomic E-state index is 0.678. The van der Waals surface area contributed by atoms with Crippen molar-refractivity contribution in [1.82, 2.24) is 20.3 Å². The lowest BCUT2D eigenvalue weighted by Crippen LogP contribution is -2.17. The predicted octanol–water partition coefficient (Wildman–Crippen LogP) is 1.77. The SMILES string of the molecule is CC1CC1NCc1cnn(-c2ccccc2)n1. The second kappa shape index (κ2) is 4.30. The van der Waals surface area contributed by atoms with Crippen LogP contribution in [0.4, 0.5) is 0 Å². The predicted molar refractivity (Wildman–Crippen MR) is 65.8 cm³/mol. The second-order valence-corrected chi connectivity index (χ2v) is 4.66. The van der Waals surface area contributed by atoms with Gasteiger partial charge in [0.15, 0.2) is 0 Å². The molecule has 3 rings (SSSR count). The third kappa shape index (κ3) is 2.36. The molecule has 2 aromatic rings. The first kappa shape index (κ1) is 10.5. The monoisotopic (exact) mass is 228 g/mol. The van der Waals surface area contributed by atoms with E-state index in [1.54, 1.807) is 4.80 Å². The molecule has 2 atom stereocenters. The van der Waals surface area contributed by atoms with Crippen LogP contribution in [0.25, 0.3) is 5.69 Å². The van der Waals surface area contributed by atoms with Crippen molar-refractivity contribution >= 4 is 0 Å². The molecular formula is C13H16N4. The van der Waals surface area contributed by atoms with Crippen molar-refractivity contribution in [3.8, 4) is 5.69 Å². The van der Waals surface area contributed by atoms with Crippen molar-refractivity contribution in [1.29, 1.82) is 0 Å². The maximum absolute atomic E-state index is 4.45. The Morgan fingerprint density at radius 1 is 1.35 bits per heavy atom. The van der Waals surface area contributed by atoms with Crippen LogP contribution in [0.2, 0.25) is 0 Å². The van der Waals surface area contributed by atoms with Gasteiger partial charge in [-0.3, -0.25) is 0 Å². The maximum Gasteiger partial charge on any atom is 0.0969 e. The van der Waals surface area contributed by atoms with Gasteiger partial charge in [0.2, 0.25) is 0 Å². The minimum Gasteiger partial charge on any atom is -0.308 e. The van der Waals surface area contributed by atoms with Crippen LogP contribution in [0.1, 0.15) is 19.0 Å². The second-order valence-electron chi connectivity index (χ2n) is 4.66. The Morgan fingerprint density at radius 3 is 2.82 bits per heavy atom. The average Bonchev–Trinajstić information content (AvgIpc) is 2.90. The summed E-state index contributed by atoms with van der Waals surface area (Å²) in [6.45, 7) is 3.07. The molecule has 4 nitrogen and oxygen atoms in total. The van der Waals surface area contributed by atoms with Gasteiger partial charge in [-0.05, 0) is 24.5 Å². The largest absolute Gasteiger partial charge is 0.308 e. The van der Waals surface area contributed by atoms with Crippen molar-refractivity contribution in [2.24, 2.45) is 5.92 Å². The van der Waals surface area contributed by atoms with E-state index in [1.165, 1.54) is 6.42 Å². The number of benzene rings is 1. The van der Waals surface area contributed by atoms with E-state index in [0.29, 0.717) is 6.04 Å². The van der Waals surface area contributed by atoms with Crippen molar-refractivity contribution in [2.75, 3.05) is 0 Å². The van der Waals surface area contributed by atoms with Gasteiger partial charge in [0.05, 0.1) is 17.6 Å². The summed E-state index contributed by atoms with van der Waals surface area (Å²) in [4.78, 5) is 1.67. The molecule has 1 saturated carbocycles. The smallest absolute Gasteiger partial charge is 0.0969 e. The lowest BCUT2D eigenvalue weighted by atomic mass is 10.3. The van der Waals surface area contributed by atoms with Gasteiger partial charge < -0.3 is 5.32 Å². The Kier molecular flexibility index (Phi) is 2.65. The van der Waals surface area contributed by atoms with Crippen LogP contribution in [-0.2, 0) is 6.54 Å². The zero-order valence-electron chi connectivity index (χ0n) is 9.87. The Balaban J connectivity index is 1.66. The van der Waals surface area contributed by atoms with Gasteiger partial charge in [0, 0.05) is 12.6 Å². The highest BCUT2D eigenvalue weighted by Gasteiger charge is 2.31. The van der Waals surface area contributed by atoms with Crippen LogP contribution < -0.4 is 5.32 Å². The summed E-state index contributed by atoms with van der Waals surface area (Å²) in [6, 6.07) is 10.6. The molecule has 0 spiro atoms. The summed E-state index contributed by atoms with van der Waals surface area (Å²) in [7, 11) is 0. The molecule has 1 heterocycles. The van der Waals surface area contributed by atoms with Crippen molar-refractivity contribution < 1.29 is 0 Å². The molecule has 1 N–H and O–H groups in total. The first-order valence-electron chi connectivity index (χ1n) is 6.03. The fourth-order valence-electron chi connectivity index (χ4n) is 1.90. The topological polar surface area (TPSA) is 42.7 Å². The van der Waals surface area contributed by atoms with Crippen LogP contribution in [0, 0.1) is 5.92 Å². The van der Waals surface area contributed by atoms with Crippen LogP contribution in [0.15, 0.2) is 36.5 Å². The lowest BCUT2D eigenvalue weighted by molar-refractivity contribution is 0.633. The Labute approximate surface area is 101 Å². The van der Waals surface area contributed by atoms with Crippen molar-refractivity contribution in [2.45, 2.75) is 25.9 Å². The molecular weight excluding hydrogens is 212 g/mol. The van der Waals surface area contributed by atoms with Gasteiger partial charge in [-0.25, -0.2) is 0 Å². The molecule has 0 radical (unpaired) electrons. The van der Waals surface area contributed by atoms with E-state index in [2.05, 4.69) is 22.4 Å². The van der Waals surface area contributed by atoms with E-state index in [9.17, 15) is 0 Å². The standard InChI is InChI=1S/C13H16N4/c1-10-7-13(10)14-8-11-9-15-17(16-11)12-5-3-2-4-6-12/h2-6,9-10,13-14H,7-8H2,1H3. The first-order valence-corrected chi connectivity index (χ1v) is 6.03. The normalized spacial score (nSPS) is 22.6. The van der Waals surface area contributed by atoms with Crippen LogP contribution in [-0.4, -0.2) is 21.0 Å². The van der Waals surface area contributed by atoms with E-state index in [0.717, 1.165) is 23.8 Å². The molecule has 1 aromatic heterocycles. The fourth-order valence-corrected chi connectivity index (χ4v) is 1.90. The molecule has 1 aliphatic carbocycles. The molecule has 0 amide bonds. The van der Waals surface area contributed by atoms with Gasteiger partial charge in [0.25, 0.3) is 0 Å². The fraction of sp³-hybridized carbons (Fsp3) is 0.385. The summed E-state index contributed by atoms with van der Waals surface area (Å²) in [6.07, 6.45) is 3.11. The number of hydrogen-bond donors (Lipinski definition) is 1. The van der Waals surface area contributed by atoms with Crippen LogP contribution in [0.5, 0.6) is 0 Å². The number of hydrogen-bond acceptors (Lipinski definition) is 3. The third-order valence-corrected chi connectivity index (χ3v) is 3.18. The number of para-hydroxylation sites is 1. The summed E-state index contributed by atoms with van der Waals surface area (Å²) in [5, 5.41) is 12.2. The molecule has 2 unspecified atom stereocenters. The van der Waals surface area contributed by atoms with E-state index < -0.39 is 0 Å². The first-order chi connectivity index (χ1) is 8.33. The molecule has 1 fully saturated rings. The van der Waals surface area contributed by atoms with E-state index >= 15 is 0 Å². The number of nitrogens with one attached hydrogen (secondary N) is 1. The molecule has 88 valence electrons. The molecule has 1 aliphatic rings. The molecule has 0 aliphatic heterocycles.